The van der Waals surface area contributed by atoms with Gasteiger partial charge in [-0.2, -0.15) is 0 Å². The molecule has 0 aliphatic heterocycles. The summed E-state index contributed by atoms with van der Waals surface area (Å²) < 4.78 is 39.7. The minimum Gasteiger partial charge on any atom is -0.207 e. The SMILES string of the molecule is CC(C)[C@H]1C[C@@H]1c1c(F)ccc(F)c1F. The van der Waals surface area contributed by atoms with E-state index in [1.807, 2.05) is 13.8 Å². The van der Waals surface area contributed by atoms with Gasteiger partial charge in [0.15, 0.2) is 11.6 Å². The predicted octanol–water partition coefficient (Wildman–Crippen LogP) is 3.86. The first kappa shape index (κ1) is 10.5. The number of halogens is 3. The lowest BCUT2D eigenvalue weighted by atomic mass is 10.0. The van der Waals surface area contributed by atoms with Gasteiger partial charge < -0.3 is 0 Å². The van der Waals surface area contributed by atoms with Crippen LogP contribution in [0.25, 0.3) is 0 Å². The van der Waals surface area contributed by atoms with Gasteiger partial charge >= 0.3 is 0 Å². The molecule has 2 rings (SSSR count). The Hall–Kier alpha value is -0.990. The quantitative estimate of drug-likeness (QED) is 0.656. The highest BCUT2D eigenvalue weighted by Crippen LogP contribution is 2.53. The van der Waals surface area contributed by atoms with Crippen molar-refractivity contribution < 1.29 is 13.2 Å². The molecule has 1 aromatic rings. The maximum atomic E-state index is 13.4. The van der Waals surface area contributed by atoms with Gasteiger partial charge in [0, 0.05) is 5.56 Å². The molecule has 0 spiro atoms. The molecule has 1 aromatic carbocycles. The normalized spacial score (nSPS) is 24.7. The molecule has 0 saturated heterocycles. The van der Waals surface area contributed by atoms with Gasteiger partial charge in [-0.25, -0.2) is 13.2 Å². The van der Waals surface area contributed by atoms with E-state index in [0.29, 0.717) is 5.92 Å². The molecule has 0 bridgehead atoms. The molecule has 1 aliphatic carbocycles. The van der Waals surface area contributed by atoms with Gasteiger partial charge in [0.1, 0.15) is 5.82 Å². The van der Waals surface area contributed by atoms with E-state index in [9.17, 15) is 13.2 Å². The van der Waals surface area contributed by atoms with Crippen LogP contribution >= 0.6 is 0 Å². The van der Waals surface area contributed by atoms with Gasteiger partial charge in [-0.05, 0) is 36.3 Å². The Kier molecular flexibility index (Phi) is 2.49. The van der Waals surface area contributed by atoms with E-state index < -0.39 is 17.5 Å². The van der Waals surface area contributed by atoms with Gasteiger partial charge in [0.25, 0.3) is 0 Å². The Morgan fingerprint density at radius 3 is 2.27 bits per heavy atom. The third-order valence-corrected chi connectivity index (χ3v) is 3.15. The van der Waals surface area contributed by atoms with Crippen LogP contribution in [0.2, 0.25) is 0 Å². The van der Waals surface area contributed by atoms with E-state index in [4.69, 9.17) is 0 Å². The third-order valence-electron chi connectivity index (χ3n) is 3.15. The van der Waals surface area contributed by atoms with Crippen LogP contribution in [-0.4, -0.2) is 0 Å². The van der Waals surface area contributed by atoms with Crippen LogP contribution in [0.15, 0.2) is 12.1 Å². The lowest BCUT2D eigenvalue weighted by molar-refractivity contribution is 0.469. The molecule has 0 amide bonds. The Morgan fingerprint density at radius 1 is 1.13 bits per heavy atom. The Bertz CT molecular complexity index is 385. The molecule has 0 unspecified atom stereocenters. The molecular weight excluding hydrogens is 201 g/mol. The molecule has 82 valence electrons. The molecule has 0 radical (unpaired) electrons. The minimum atomic E-state index is -1.01. The highest BCUT2D eigenvalue weighted by atomic mass is 19.2. The summed E-state index contributed by atoms with van der Waals surface area (Å²) in [5.74, 6) is -2.06. The van der Waals surface area contributed by atoms with Gasteiger partial charge in [-0.15, -0.1) is 0 Å². The van der Waals surface area contributed by atoms with Crippen LogP contribution in [0.4, 0.5) is 13.2 Å². The summed E-state index contributed by atoms with van der Waals surface area (Å²) >= 11 is 0. The Labute approximate surface area is 87.1 Å². The summed E-state index contributed by atoms with van der Waals surface area (Å²) in [5.41, 5.74) is -0.0614. The average Bonchev–Trinajstić information content (AvgIpc) is 2.92. The first-order valence-corrected chi connectivity index (χ1v) is 5.15. The van der Waals surface area contributed by atoms with E-state index >= 15 is 0 Å². The molecular formula is C12H13F3. The summed E-state index contributed by atoms with van der Waals surface area (Å²) in [6, 6.07) is 1.84. The molecule has 1 aliphatic rings. The maximum Gasteiger partial charge on any atom is 0.165 e. The lowest BCUT2D eigenvalue weighted by Gasteiger charge is -2.06. The molecule has 0 heterocycles. The fraction of sp³-hybridized carbons (Fsp3) is 0.500. The maximum absolute atomic E-state index is 13.4. The molecule has 2 atom stereocenters. The van der Waals surface area contributed by atoms with E-state index in [1.54, 1.807) is 0 Å². The summed E-state index contributed by atoms with van der Waals surface area (Å²) in [4.78, 5) is 0. The van der Waals surface area contributed by atoms with Crippen molar-refractivity contribution >= 4 is 0 Å². The summed E-state index contributed by atoms with van der Waals surface area (Å²) in [6.45, 7) is 4.03. The smallest absolute Gasteiger partial charge is 0.165 e. The number of rotatable bonds is 2. The van der Waals surface area contributed by atoms with Crippen LogP contribution in [-0.2, 0) is 0 Å². The highest BCUT2D eigenvalue weighted by Gasteiger charge is 2.43. The molecule has 1 saturated carbocycles. The third kappa shape index (κ3) is 1.75. The van der Waals surface area contributed by atoms with Crippen LogP contribution in [0, 0.1) is 29.3 Å². The minimum absolute atomic E-state index is 0.0614. The van der Waals surface area contributed by atoms with Crippen molar-refractivity contribution in [3.8, 4) is 0 Å². The second-order valence-electron chi connectivity index (χ2n) is 4.51. The van der Waals surface area contributed by atoms with Crippen molar-refractivity contribution in [1.82, 2.24) is 0 Å². The Morgan fingerprint density at radius 2 is 1.73 bits per heavy atom. The lowest BCUT2D eigenvalue weighted by Crippen LogP contribution is -2.00. The topological polar surface area (TPSA) is 0 Å². The van der Waals surface area contributed by atoms with Crippen molar-refractivity contribution in [3.63, 3.8) is 0 Å². The van der Waals surface area contributed by atoms with Crippen LogP contribution in [0.5, 0.6) is 0 Å². The highest BCUT2D eigenvalue weighted by molar-refractivity contribution is 5.30. The van der Waals surface area contributed by atoms with Crippen molar-refractivity contribution in [1.29, 1.82) is 0 Å². The monoisotopic (exact) mass is 214 g/mol. The molecule has 0 N–H and O–H groups in total. The first-order valence-electron chi connectivity index (χ1n) is 5.15. The second kappa shape index (κ2) is 3.54. The number of benzene rings is 1. The van der Waals surface area contributed by atoms with Gasteiger partial charge in [0.2, 0.25) is 0 Å². The molecule has 1 fully saturated rings. The molecule has 0 nitrogen and oxygen atoms in total. The van der Waals surface area contributed by atoms with Crippen molar-refractivity contribution in [2.75, 3.05) is 0 Å². The Balaban J connectivity index is 2.34. The van der Waals surface area contributed by atoms with Crippen LogP contribution < -0.4 is 0 Å². The average molecular weight is 214 g/mol. The van der Waals surface area contributed by atoms with E-state index in [2.05, 4.69) is 0 Å². The van der Waals surface area contributed by atoms with Crippen molar-refractivity contribution in [3.05, 3.63) is 35.1 Å². The van der Waals surface area contributed by atoms with Gasteiger partial charge in [0.05, 0.1) is 0 Å². The standard InChI is InChI=1S/C12H13F3/c1-6(2)7-5-8(7)11-9(13)3-4-10(14)12(11)15/h3-4,6-8H,5H2,1-2H3/t7-,8+/m1/s1. The molecule has 15 heavy (non-hydrogen) atoms. The largest absolute Gasteiger partial charge is 0.207 e. The van der Waals surface area contributed by atoms with E-state index in [-0.39, 0.29) is 17.4 Å². The predicted molar refractivity (Wildman–Crippen MR) is 52.0 cm³/mol. The summed E-state index contributed by atoms with van der Waals surface area (Å²) in [5, 5.41) is 0. The molecule has 3 heteroatoms. The molecule has 0 aromatic heterocycles. The second-order valence-corrected chi connectivity index (χ2v) is 4.51. The van der Waals surface area contributed by atoms with Gasteiger partial charge in [-0.3, -0.25) is 0 Å². The van der Waals surface area contributed by atoms with Gasteiger partial charge in [-0.1, -0.05) is 13.8 Å². The fourth-order valence-electron chi connectivity index (χ4n) is 2.17. The first-order chi connectivity index (χ1) is 7.02. The van der Waals surface area contributed by atoms with E-state index in [0.717, 1.165) is 18.6 Å². The zero-order chi connectivity index (χ0) is 11.2. The number of hydrogen-bond acceptors (Lipinski definition) is 0. The van der Waals surface area contributed by atoms with E-state index in [1.165, 1.54) is 0 Å². The van der Waals surface area contributed by atoms with Crippen LogP contribution in [0.3, 0.4) is 0 Å². The summed E-state index contributed by atoms with van der Waals surface area (Å²) in [7, 11) is 0. The zero-order valence-corrected chi connectivity index (χ0v) is 8.73. The van der Waals surface area contributed by atoms with Crippen molar-refractivity contribution in [2.24, 2.45) is 11.8 Å². The van der Waals surface area contributed by atoms with Crippen molar-refractivity contribution in [2.45, 2.75) is 26.2 Å². The fourth-order valence-corrected chi connectivity index (χ4v) is 2.17. The van der Waals surface area contributed by atoms with Crippen LogP contribution in [0.1, 0.15) is 31.7 Å². The zero-order valence-electron chi connectivity index (χ0n) is 8.73. The number of hydrogen-bond donors (Lipinski definition) is 0. The summed E-state index contributed by atoms with van der Waals surface area (Å²) in [6.07, 6.45) is 0.759.